The number of benzene rings is 3. The van der Waals surface area contributed by atoms with Crippen molar-refractivity contribution in [2.24, 2.45) is 11.8 Å². The molecule has 0 radical (unpaired) electrons. The fourth-order valence-corrected chi connectivity index (χ4v) is 7.24. The number of nitrogens with one attached hydrogen (secondary N) is 1. The molecule has 3 unspecified atom stereocenters. The van der Waals surface area contributed by atoms with Gasteiger partial charge in [-0.1, -0.05) is 52.3 Å². The monoisotopic (exact) mass is 696 g/mol. The van der Waals surface area contributed by atoms with Gasteiger partial charge in [0.2, 0.25) is 0 Å². The Kier molecular flexibility index (Phi) is 13.6. The zero-order valence-corrected chi connectivity index (χ0v) is 31.0. The zero-order valence-electron chi connectivity index (χ0n) is 30.2. The number of hydrogen-bond acceptors (Lipinski definition) is 6. The highest BCUT2D eigenvalue weighted by atomic mass is 32.2. The Balaban J connectivity index is 1.28. The summed E-state index contributed by atoms with van der Waals surface area (Å²) < 4.78 is 26.6. The fourth-order valence-electron chi connectivity index (χ4n) is 6.12. The molecule has 1 N–H and O–H groups in total. The first-order valence-electron chi connectivity index (χ1n) is 17.9. The van der Waals surface area contributed by atoms with Gasteiger partial charge < -0.3 is 28.8 Å². The largest absolute Gasteiger partial charge is 0.611 e. The summed E-state index contributed by atoms with van der Waals surface area (Å²) >= 11 is -1.22. The molecule has 1 amide bonds. The van der Waals surface area contributed by atoms with E-state index in [4.69, 9.17) is 9.47 Å². The number of ether oxygens (including phenoxy) is 2. The molecule has 1 saturated heterocycles. The number of anilines is 2. The fraction of sp³-hybridized carbons (Fsp3) is 0.415. The van der Waals surface area contributed by atoms with E-state index in [1.165, 1.54) is 0 Å². The molecule has 0 aliphatic carbocycles. The van der Waals surface area contributed by atoms with Gasteiger partial charge in [0.25, 0.3) is 5.91 Å². The lowest BCUT2D eigenvalue weighted by Crippen LogP contribution is -2.20. The average Bonchev–Trinajstić information content (AvgIpc) is 3.70. The molecule has 5 rings (SSSR count). The van der Waals surface area contributed by atoms with Crippen molar-refractivity contribution in [1.82, 2.24) is 9.55 Å². The van der Waals surface area contributed by atoms with E-state index in [9.17, 15) is 9.35 Å². The summed E-state index contributed by atoms with van der Waals surface area (Å²) in [5, 5.41) is 3.03. The summed E-state index contributed by atoms with van der Waals surface area (Å²) in [6.45, 7) is 15.4. The quantitative estimate of drug-likeness (QED) is 0.0676. The molecule has 1 aromatic heterocycles. The molecule has 9 heteroatoms. The van der Waals surface area contributed by atoms with E-state index in [1.54, 1.807) is 12.5 Å². The summed E-state index contributed by atoms with van der Waals surface area (Å²) in [5.41, 5.74) is 6.51. The van der Waals surface area contributed by atoms with Crippen LogP contribution < -0.4 is 15.0 Å². The van der Waals surface area contributed by atoms with Gasteiger partial charge in [-0.05, 0) is 114 Å². The van der Waals surface area contributed by atoms with Gasteiger partial charge in [0.15, 0.2) is 10.6 Å². The predicted octanol–water partition coefficient (Wildman–Crippen LogP) is 8.60. The molecule has 0 saturated carbocycles. The molecule has 266 valence electrons. The van der Waals surface area contributed by atoms with Crippen LogP contribution in [0.3, 0.4) is 0 Å². The molecule has 3 atom stereocenters. The van der Waals surface area contributed by atoms with Gasteiger partial charge in [0.1, 0.15) is 12.4 Å². The van der Waals surface area contributed by atoms with E-state index < -0.39 is 11.2 Å². The second-order valence-corrected chi connectivity index (χ2v) is 14.8. The van der Waals surface area contributed by atoms with Crippen LogP contribution in [-0.2, 0) is 33.0 Å². The van der Waals surface area contributed by atoms with Crippen LogP contribution in [0.5, 0.6) is 5.75 Å². The molecule has 0 bridgehead atoms. The highest BCUT2D eigenvalue weighted by Crippen LogP contribution is 2.35. The van der Waals surface area contributed by atoms with Crippen LogP contribution in [0.1, 0.15) is 65.1 Å². The van der Waals surface area contributed by atoms with Crippen LogP contribution in [0, 0.1) is 11.8 Å². The number of imidazole rings is 1. The number of rotatable bonds is 17. The number of aryl methyl sites for hydroxylation is 1. The summed E-state index contributed by atoms with van der Waals surface area (Å²) in [6.07, 6.45) is 8.73. The molecule has 1 fully saturated rings. The SMILES string of the molecule is CCCCOCCOc1ccc(-c2ccc(N3CC(C)C(C)C3)c(C=C(C)C(=O)Nc3ccc([S+]([O-])Cc4cncn4CCC)cc3)c2)cc1. The van der Waals surface area contributed by atoms with Crippen molar-refractivity contribution >= 4 is 34.5 Å². The van der Waals surface area contributed by atoms with Crippen molar-refractivity contribution in [2.75, 3.05) is 43.1 Å². The Morgan fingerprint density at radius 2 is 1.68 bits per heavy atom. The number of carbonyl (C=O) groups is 1. The topological polar surface area (TPSA) is 91.7 Å². The maximum absolute atomic E-state index is 13.4. The summed E-state index contributed by atoms with van der Waals surface area (Å²) in [4.78, 5) is 20.8. The summed E-state index contributed by atoms with van der Waals surface area (Å²) in [7, 11) is 0. The molecule has 50 heavy (non-hydrogen) atoms. The first kappa shape index (κ1) is 37.2. The van der Waals surface area contributed by atoms with E-state index in [2.05, 4.69) is 73.2 Å². The Labute approximate surface area is 301 Å². The van der Waals surface area contributed by atoms with Crippen molar-refractivity contribution < 1.29 is 18.8 Å². The normalized spacial score (nSPS) is 16.8. The van der Waals surface area contributed by atoms with Gasteiger partial charge >= 0.3 is 0 Å². The minimum atomic E-state index is -1.22. The average molecular weight is 697 g/mol. The molecular formula is C41H52N4O4S. The van der Waals surface area contributed by atoms with E-state index in [0.717, 1.165) is 79.3 Å². The van der Waals surface area contributed by atoms with Crippen LogP contribution in [0.4, 0.5) is 11.4 Å². The number of hydrogen-bond donors (Lipinski definition) is 1. The second kappa shape index (κ2) is 18.3. The minimum absolute atomic E-state index is 0.179. The Hall–Kier alpha value is -4.05. The number of nitrogens with zero attached hydrogens (tertiary/aromatic N) is 3. The molecule has 1 aliphatic rings. The van der Waals surface area contributed by atoms with E-state index in [1.807, 2.05) is 54.0 Å². The van der Waals surface area contributed by atoms with Crippen molar-refractivity contribution in [3.05, 3.63) is 96.1 Å². The van der Waals surface area contributed by atoms with Gasteiger partial charge in [-0.2, -0.15) is 0 Å². The Morgan fingerprint density at radius 3 is 2.38 bits per heavy atom. The molecule has 0 spiro atoms. The van der Waals surface area contributed by atoms with Gasteiger partial charge in [-0.3, -0.25) is 4.79 Å². The smallest absolute Gasteiger partial charge is 0.251 e. The number of amides is 1. The van der Waals surface area contributed by atoms with E-state index in [-0.39, 0.29) is 5.91 Å². The van der Waals surface area contributed by atoms with Crippen LogP contribution >= 0.6 is 0 Å². The summed E-state index contributed by atoms with van der Waals surface area (Å²) in [6, 6.07) is 21.9. The lowest BCUT2D eigenvalue weighted by atomic mass is 9.99. The number of carbonyl (C=O) groups excluding carboxylic acids is 1. The highest BCUT2D eigenvalue weighted by Gasteiger charge is 2.27. The second-order valence-electron chi connectivity index (χ2n) is 13.3. The van der Waals surface area contributed by atoms with Gasteiger partial charge in [0.05, 0.1) is 24.8 Å². The third-order valence-corrected chi connectivity index (χ3v) is 10.7. The number of unbranched alkanes of at least 4 members (excludes halogenated alkanes) is 1. The highest BCUT2D eigenvalue weighted by molar-refractivity contribution is 7.90. The van der Waals surface area contributed by atoms with Crippen molar-refractivity contribution in [1.29, 1.82) is 0 Å². The van der Waals surface area contributed by atoms with E-state index >= 15 is 0 Å². The van der Waals surface area contributed by atoms with Crippen molar-refractivity contribution in [3.8, 4) is 16.9 Å². The lowest BCUT2D eigenvalue weighted by molar-refractivity contribution is -0.112. The van der Waals surface area contributed by atoms with Gasteiger partial charge in [-0.15, -0.1) is 0 Å². The molecule has 3 aromatic carbocycles. The maximum atomic E-state index is 13.4. The van der Waals surface area contributed by atoms with Gasteiger partial charge in [0, 0.05) is 43.2 Å². The molecular weight excluding hydrogens is 645 g/mol. The predicted molar refractivity (Wildman–Crippen MR) is 205 cm³/mol. The third kappa shape index (κ3) is 10.0. The van der Waals surface area contributed by atoms with Crippen LogP contribution in [0.2, 0.25) is 0 Å². The first-order valence-corrected chi connectivity index (χ1v) is 19.2. The zero-order chi connectivity index (χ0) is 35.5. The molecule has 1 aliphatic heterocycles. The first-order chi connectivity index (χ1) is 24.2. The van der Waals surface area contributed by atoms with Crippen molar-refractivity contribution in [2.45, 2.75) is 71.1 Å². The molecule has 2 heterocycles. The van der Waals surface area contributed by atoms with E-state index in [0.29, 0.717) is 47.0 Å². The Morgan fingerprint density at radius 1 is 0.960 bits per heavy atom. The maximum Gasteiger partial charge on any atom is 0.251 e. The van der Waals surface area contributed by atoms with Crippen LogP contribution in [0.15, 0.2) is 89.7 Å². The molecule has 4 aromatic rings. The standard InChI is InChI=1S/C41H52N4O4S/c1-6-8-20-48-21-22-49-38-14-9-33(10-15-38)34-11-18-40(45-26-31(4)32(5)27-45)35(24-34)23-30(3)41(46)43-36-12-16-39(17-13-36)50(47)28-37-25-42-29-44(37)19-7-2/h9-18,23-25,29,31-32H,6-8,19-22,26-28H2,1-5H3,(H,43,46). The molecule has 8 nitrogen and oxygen atoms in total. The Bertz CT molecular complexity index is 1690. The summed E-state index contributed by atoms with van der Waals surface area (Å²) in [5.74, 6) is 2.22. The third-order valence-electron chi connectivity index (χ3n) is 9.33. The number of aromatic nitrogens is 2. The van der Waals surface area contributed by atoms with Crippen molar-refractivity contribution in [3.63, 3.8) is 0 Å². The minimum Gasteiger partial charge on any atom is -0.611 e. The lowest BCUT2D eigenvalue weighted by Gasteiger charge is -2.22. The van der Waals surface area contributed by atoms with Gasteiger partial charge in [-0.25, -0.2) is 4.98 Å². The van der Waals surface area contributed by atoms with Crippen LogP contribution in [-0.4, -0.2) is 52.9 Å². The van der Waals surface area contributed by atoms with Crippen LogP contribution in [0.25, 0.3) is 17.2 Å².